The Morgan fingerprint density at radius 1 is 1.57 bits per heavy atom. The van der Waals surface area contributed by atoms with E-state index in [-0.39, 0.29) is 5.69 Å². The molecule has 0 heterocycles. The number of amides is 1. The molecule has 0 aromatic heterocycles. The average Bonchev–Trinajstić information content (AvgIpc) is 2.07. The number of para-hydroxylation sites is 1. The maximum Gasteiger partial charge on any atom is 0.312 e. The summed E-state index contributed by atoms with van der Waals surface area (Å²) >= 11 is 0. The lowest BCUT2D eigenvalue weighted by atomic mass is 10.2. The van der Waals surface area contributed by atoms with Crippen molar-refractivity contribution in [2.24, 2.45) is 0 Å². The fourth-order valence-corrected chi connectivity index (χ4v) is 0.969. The van der Waals surface area contributed by atoms with E-state index in [1.165, 1.54) is 19.1 Å². The molecule has 0 radical (unpaired) electrons. The Hall–Kier alpha value is -2.11. The SMILES string of the molecule is CC(=O)Nc1cccc([N+](=O)[O-])c1O. The fraction of sp³-hybridized carbons (Fsp3) is 0.125. The zero-order valence-corrected chi connectivity index (χ0v) is 7.35. The van der Waals surface area contributed by atoms with Crippen LogP contribution in [0.1, 0.15) is 6.92 Å². The zero-order valence-electron chi connectivity index (χ0n) is 7.35. The van der Waals surface area contributed by atoms with Crippen molar-refractivity contribution in [3.8, 4) is 5.75 Å². The molecule has 74 valence electrons. The standard InChI is InChI=1S/C8H8N2O4/c1-5(11)9-6-3-2-4-7(8(6)12)10(13)14/h2-4,12H,1H3,(H,9,11). The van der Waals surface area contributed by atoms with Crippen LogP contribution >= 0.6 is 0 Å². The molecule has 6 heteroatoms. The maximum atomic E-state index is 10.7. The Labute approximate surface area is 79.3 Å². The molecule has 2 N–H and O–H groups in total. The van der Waals surface area contributed by atoms with Gasteiger partial charge in [-0.2, -0.15) is 0 Å². The lowest BCUT2D eigenvalue weighted by molar-refractivity contribution is -0.385. The first-order valence-corrected chi connectivity index (χ1v) is 3.76. The van der Waals surface area contributed by atoms with Gasteiger partial charge in [0.05, 0.1) is 10.6 Å². The molecule has 0 fully saturated rings. The summed E-state index contributed by atoms with van der Waals surface area (Å²) < 4.78 is 0. The van der Waals surface area contributed by atoms with Gasteiger partial charge in [0.2, 0.25) is 11.7 Å². The maximum absolute atomic E-state index is 10.7. The first-order valence-electron chi connectivity index (χ1n) is 3.76. The normalized spacial score (nSPS) is 9.50. The van der Waals surface area contributed by atoms with Crippen LogP contribution in [0.2, 0.25) is 0 Å². The van der Waals surface area contributed by atoms with E-state index in [1.807, 2.05) is 0 Å². The first-order chi connectivity index (χ1) is 6.52. The van der Waals surface area contributed by atoms with Crippen molar-refractivity contribution in [3.05, 3.63) is 28.3 Å². The van der Waals surface area contributed by atoms with Crippen molar-refractivity contribution in [1.29, 1.82) is 0 Å². The van der Waals surface area contributed by atoms with Gasteiger partial charge in [0.15, 0.2) is 0 Å². The van der Waals surface area contributed by atoms with E-state index in [4.69, 9.17) is 0 Å². The molecule has 0 saturated heterocycles. The molecule has 0 aliphatic rings. The molecule has 1 aromatic carbocycles. The van der Waals surface area contributed by atoms with Gasteiger partial charge in [0, 0.05) is 13.0 Å². The number of carbonyl (C=O) groups is 1. The van der Waals surface area contributed by atoms with E-state index in [2.05, 4.69) is 5.32 Å². The largest absolute Gasteiger partial charge is 0.501 e. The van der Waals surface area contributed by atoms with Crippen LogP contribution in [0, 0.1) is 10.1 Å². The lowest BCUT2D eigenvalue weighted by Crippen LogP contribution is -2.06. The molecule has 0 atom stereocenters. The summed E-state index contributed by atoms with van der Waals surface area (Å²) in [6, 6.07) is 3.91. The van der Waals surface area contributed by atoms with Crippen LogP contribution in [0.15, 0.2) is 18.2 Å². The van der Waals surface area contributed by atoms with E-state index < -0.39 is 22.3 Å². The average molecular weight is 196 g/mol. The van der Waals surface area contributed by atoms with Gasteiger partial charge < -0.3 is 10.4 Å². The number of rotatable bonds is 2. The van der Waals surface area contributed by atoms with Crippen molar-refractivity contribution in [2.45, 2.75) is 6.92 Å². The molecule has 1 aromatic rings. The summed E-state index contributed by atoms with van der Waals surface area (Å²) in [6.45, 7) is 1.25. The predicted octanol–water partition coefficient (Wildman–Crippen LogP) is 1.26. The van der Waals surface area contributed by atoms with E-state index >= 15 is 0 Å². The number of nitrogens with one attached hydrogen (secondary N) is 1. The van der Waals surface area contributed by atoms with Crippen LogP contribution in [0.4, 0.5) is 11.4 Å². The molecule has 0 bridgehead atoms. The number of benzene rings is 1. The van der Waals surface area contributed by atoms with Gasteiger partial charge in [-0.25, -0.2) is 0 Å². The summed E-state index contributed by atoms with van der Waals surface area (Å²) in [5, 5.41) is 22.0. The molecule has 0 aliphatic heterocycles. The van der Waals surface area contributed by atoms with Gasteiger partial charge in [-0.1, -0.05) is 6.07 Å². The number of phenols is 1. The molecular formula is C8H8N2O4. The minimum Gasteiger partial charge on any atom is -0.501 e. The van der Waals surface area contributed by atoms with Crippen molar-refractivity contribution >= 4 is 17.3 Å². The second-order valence-corrected chi connectivity index (χ2v) is 2.61. The highest BCUT2D eigenvalue weighted by molar-refractivity contribution is 5.91. The fourth-order valence-electron chi connectivity index (χ4n) is 0.969. The number of anilines is 1. The van der Waals surface area contributed by atoms with E-state index in [0.717, 1.165) is 6.07 Å². The monoisotopic (exact) mass is 196 g/mol. The number of nitrogens with zero attached hydrogens (tertiary/aromatic N) is 1. The van der Waals surface area contributed by atoms with Crippen LogP contribution in [0.5, 0.6) is 5.75 Å². The Morgan fingerprint density at radius 3 is 2.71 bits per heavy atom. The third-order valence-corrected chi connectivity index (χ3v) is 1.52. The van der Waals surface area contributed by atoms with Crippen LogP contribution in [-0.4, -0.2) is 15.9 Å². The van der Waals surface area contributed by atoms with Crippen molar-refractivity contribution in [1.82, 2.24) is 0 Å². The summed E-state index contributed by atoms with van der Waals surface area (Å²) in [4.78, 5) is 20.3. The summed E-state index contributed by atoms with van der Waals surface area (Å²) in [5.41, 5.74) is -0.400. The Bertz CT molecular complexity index is 389. The molecule has 0 aliphatic carbocycles. The van der Waals surface area contributed by atoms with E-state index in [1.54, 1.807) is 0 Å². The van der Waals surface area contributed by atoms with Gasteiger partial charge in [-0.05, 0) is 6.07 Å². The number of aromatic hydroxyl groups is 1. The number of carbonyl (C=O) groups excluding carboxylic acids is 1. The van der Waals surface area contributed by atoms with E-state index in [9.17, 15) is 20.0 Å². The van der Waals surface area contributed by atoms with Gasteiger partial charge in [-0.3, -0.25) is 14.9 Å². The van der Waals surface area contributed by atoms with Gasteiger partial charge >= 0.3 is 5.69 Å². The first kappa shape index (κ1) is 9.97. The van der Waals surface area contributed by atoms with Crippen molar-refractivity contribution in [3.63, 3.8) is 0 Å². The highest BCUT2D eigenvalue weighted by Gasteiger charge is 2.16. The van der Waals surface area contributed by atoms with Crippen LogP contribution in [-0.2, 0) is 4.79 Å². The summed E-state index contributed by atoms with van der Waals surface area (Å²) in [7, 11) is 0. The molecule has 0 saturated carbocycles. The van der Waals surface area contributed by atoms with Crippen molar-refractivity contribution < 1.29 is 14.8 Å². The Morgan fingerprint density at radius 2 is 2.21 bits per heavy atom. The van der Waals surface area contributed by atoms with Gasteiger partial charge in [0.25, 0.3) is 0 Å². The van der Waals surface area contributed by atoms with Crippen molar-refractivity contribution in [2.75, 3.05) is 5.32 Å². The smallest absolute Gasteiger partial charge is 0.312 e. The summed E-state index contributed by atoms with van der Waals surface area (Å²) in [6.07, 6.45) is 0. The highest BCUT2D eigenvalue weighted by atomic mass is 16.6. The van der Waals surface area contributed by atoms with Gasteiger partial charge in [0.1, 0.15) is 0 Å². The number of nitro benzene ring substituents is 1. The molecule has 0 spiro atoms. The van der Waals surface area contributed by atoms with Gasteiger partial charge in [-0.15, -0.1) is 0 Å². The molecule has 14 heavy (non-hydrogen) atoms. The van der Waals surface area contributed by atoms with Crippen LogP contribution in [0.3, 0.4) is 0 Å². The Kier molecular flexibility index (Phi) is 2.66. The zero-order chi connectivity index (χ0) is 10.7. The lowest BCUT2D eigenvalue weighted by Gasteiger charge is -2.04. The molecule has 0 unspecified atom stereocenters. The number of hydrogen-bond acceptors (Lipinski definition) is 4. The quantitative estimate of drug-likeness (QED) is 0.423. The predicted molar refractivity (Wildman–Crippen MR) is 49.1 cm³/mol. The molecule has 6 nitrogen and oxygen atoms in total. The van der Waals surface area contributed by atoms with Crippen LogP contribution in [0.25, 0.3) is 0 Å². The molecule has 1 rings (SSSR count). The number of phenolic OH excluding ortho intramolecular Hbond substituents is 1. The van der Waals surface area contributed by atoms with E-state index in [0.29, 0.717) is 0 Å². The number of hydrogen-bond donors (Lipinski definition) is 2. The summed E-state index contributed by atoms with van der Waals surface area (Å²) in [5.74, 6) is -0.937. The third kappa shape index (κ3) is 1.98. The Balaban J connectivity index is 3.13. The second kappa shape index (κ2) is 3.73. The number of nitro groups is 1. The highest BCUT2D eigenvalue weighted by Crippen LogP contribution is 2.32. The minimum absolute atomic E-state index is 0.0340. The molecule has 1 amide bonds. The second-order valence-electron chi connectivity index (χ2n) is 2.61. The van der Waals surface area contributed by atoms with Crippen LogP contribution < -0.4 is 5.32 Å². The minimum atomic E-state index is -0.722. The molecular weight excluding hydrogens is 188 g/mol. The third-order valence-electron chi connectivity index (χ3n) is 1.52. The topological polar surface area (TPSA) is 92.5 Å².